The second-order valence-corrected chi connectivity index (χ2v) is 10.6. The summed E-state index contributed by atoms with van der Waals surface area (Å²) >= 11 is 4.74. The lowest BCUT2D eigenvalue weighted by molar-refractivity contribution is -0.123. The van der Waals surface area contributed by atoms with Gasteiger partial charge in [-0.2, -0.15) is 11.8 Å². The van der Waals surface area contributed by atoms with Crippen LogP contribution in [-0.4, -0.2) is 57.2 Å². The highest BCUT2D eigenvalue weighted by Gasteiger charge is 2.27. The van der Waals surface area contributed by atoms with Crippen LogP contribution in [0.2, 0.25) is 0 Å². The molecule has 0 bridgehead atoms. The summed E-state index contributed by atoms with van der Waals surface area (Å²) in [4.78, 5) is 12.4. The standard InChI is InChI=1S/C18H32N4O2S3/c1-12-21-22-18(27-12)26-9-8-16(23)15(10-13-6-4-3-5-7-13)20-17(24)14(19)11-25-2/h13-16,23H,3-11,19H2,1-2H3,(H,20,24)/t14-,15-,16-/m0/s1. The maximum absolute atomic E-state index is 12.4. The third-order valence-corrected chi connectivity index (χ3v) is 7.63. The lowest BCUT2D eigenvalue weighted by Gasteiger charge is -2.31. The molecule has 0 saturated heterocycles. The number of amides is 1. The fourth-order valence-electron chi connectivity index (χ4n) is 3.44. The largest absolute Gasteiger partial charge is 0.391 e. The quantitative estimate of drug-likeness (QED) is 0.462. The molecule has 4 N–H and O–H groups in total. The molecular formula is C18H32N4O2S3. The number of hydrogen-bond acceptors (Lipinski definition) is 8. The predicted octanol–water partition coefficient (Wildman–Crippen LogP) is 2.84. The van der Waals surface area contributed by atoms with E-state index in [9.17, 15) is 9.90 Å². The maximum atomic E-state index is 12.4. The first-order valence-electron chi connectivity index (χ1n) is 9.65. The molecular weight excluding hydrogens is 400 g/mol. The molecule has 1 aliphatic rings. The van der Waals surface area contributed by atoms with Crippen molar-refractivity contribution in [2.45, 2.75) is 74.4 Å². The van der Waals surface area contributed by atoms with Crippen molar-refractivity contribution in [3.8, 4) is 0 Å². The zero-order chi connectivity index (χ0) is 19.6. The van der Waals surface area contributed by atoms with Crippen molar-refractivity contribution in [1.82, 2.24) is 15.5 Å². The van der Waals surface area contributed by atoms with Gasteiger partial charge in [0.1, 0.15) is 5.01 Å². The molecule has 0 radical (unpaired) electrons. The maximum Gasteiger partial charge on any atom is 0.238 e. The fraction of sp³-hybridized carbons (Fsp3) is 0.833. The number of nitrogens with zero attached hydrogens (tertiary/aromatic N) is 2. The first kappa shape index (κ1) is 22.9. The monoisotopic (exact) mass is 432 g/mol. The zero-order valence-corrected chi connectivity index (χ0v) is 18.7. The van der Waals surface area contributed by atoms with Crippen molar-refractivity contribution in [2.75, 3.05) is 17.8 Å². The Bertz CT molecular complexity index is 567. The summed E-state index contributed by atoms with van der Waals surface area (Å²) in [6, 6.07) is -0.759. The van der Waals surface area contributed by atoms with Crippen molar-refractivity contribution in [3.63, 3.8) is 0 Å². The molecule has 154 valence electrons. The number of carbonyl (C=O) groups is 1. The number of aliphatic hydroxyl groups excluding tert-OH is 1. The van der Waals surface area contributed by atoms with Gasteiger partial charge in [-0.05, 0) is 31.9 Å². The number of nitrogens with one attached hydrogen (secondary N) is 1. The van der Waals surface area contributed by atoms with E-state index in [1.54, 1.807) is 34.9 Å². The molecule has 0 aliphatic heterocycles. The van der Waals surface area contributed by atoms with Crippen LogP contribution >= 0.6 is 34.9 Å². The first-order chi connectivity index (χ1) is 13.0. The molecule has 0 aromatic carbocycles. The summed E-state index contributed by atoms with van der Waals surface area (Å²) in [5.74, 6) is 1.76. The Balaban J connectivity index is 1.88. The van der Waals surface area contributed by atoms with Gasteiger partial charge in [-0.15, -0.1) is 10.2 Å². The normalized spacial score (nSPS) is 18.8. The Morgan fingerprint density at radius 1 is 1.37 bits per heavy atom. The third kappa shape index (κ3) is 8.27. The molecule has 1 aliphatic carbocycles. The van der Waals surface area contributed by atoms with Crippen LogP contribution in [0.1, 0.15) is 50.0 Å². The molecule has 3 atom stereocenters. The Morgan fingerprint density at radius 2 is 2.11 bits per heavy atom. The first-order valence-corrected chi connectivity index (χ1v) is 12.8. The van der Waals surface area contributed by atoms with Gasteiger partial charge in [0, 0.05) is 11.5 Å². The molecule has 27 heavy (non-hydrogen) atoms. The third-order valence-electron chi connectivity index (χ3n) is 4.93. The second kappa shape index (κ2) is 12.3. The topological polar surface area (TPSA) is 101 Å². The van der Waals surface area contributed by atoms with E-state index >= 15 is 0 Å². The predicted molar refractivity (Wildman–Crippen MR) is 115 cm³/mol. The highest BCUT2D eigenvalue weighted by atomic mass is 32.2. The van der Waals surface area contributed by atoms with E-state index in [4.69, 9.17) is 5.73 Å². The zero-order valence-electron chi connectivity index (χ0n) is 16.2. The van der Waals surface area contributed by atoms with Gasteiger partial charge >= 0.3 is 0 Å². The Morgan fingerprint density at radius 3 is 2.74 bits per heavy atom. The van der Waals surface area contributed by atoms with E-state index in [1.165, 1.54) is 32.1 Å². The van der Waals surface area contributed by atoms with Gasteiger partial charge in [-0.1, -0.05) is 55.2 Å². The van der Waals surface area contributed by atoms with E-state index in [0.29, 0.717) is 18.1 Å². The minimum absolute atomic E-state index is 0.156. The Labute approximate surface area is 174 Å². The summed E-state index contributed by atoms with van der Waals surface area (Å²) in [6.45, 7) is 1.93. The summed E-state index contributed by atoms with van der Waals surface area (Å²) in [6.07, 6.45) is 8.99. The van der Waals surface area contributed by atoms with Crippen LogP contribution in [0.3, 0.4) is 0 Å². The minimum atomic E-state index is -0.570. The van der Waals surface area contributed by atoms with Crippen LogP contribution < -0.4 is 11.1 Å². The number of thioether (sulfide) groups is 2. The van der Waals surface area contributed by atoms with Crippen molar-refractivity contribution in [3.05, 3.63) is 5.01 Å². The smallest absolute Gasteiger partial charge is 0.238 e. The van der Waals surface area contributed by atoms with Crippen molar-refractivity contribution in [2.24, 2.45) is 11.7 Å². The van der Waals surface area contributed by atoms with Gasteiger partial charge in [-0.25, -0.2) is 0 Å². The van der Waals surface area contributed by atoms with Gasteiger partial charge in [-0.3, -0.25) is 4.79 Å². The number of nitrogens with two attached hydrogens (primary N) is 1. The van der Waals surface area contributed by atoms with Gasteiger partial charge in [0.25, 0.3) is 0 Å². The lowest BCUT2D eigenvalue weighted by atomic mass is 9.83. The number of rotatable bonds is 11. The highest BCUT2D eigenvalue weighted by Crippen LogP contribution is 2.29. The SMILES string of the molecule is CSC[C@H](N)C(=O)N[C@@H](CC1CCCCC1)[C@@H](O)CCSc1nnc(C)s1. The molecule has 1 aromatic rings. The van der Waals surface area contributed by atoms with Crippen molar-refractivity contribution in [1.29, 1.82) is 0 Å². The van der Waals surface area contributed by atoms with Crippen molar-refractivity contribution < 1.29 is 9.90 Å². The van der Waals surface area contributed by atoms with Crippen LogP contribution in [0.15, 0.2) is 4.34 Å². The van der Waals surface area contributed by atoms with E-state index < -0.39 is 12.1 Å². The molecule has 1 fully saturated rings. The van der Waals surface area contributed by atoms with Crippen LogP contribution in [0.5, 0.6) is 0 Å². The van der Waals surface area contributed by atoms with Gasteiger partial charge in [0.15, 0.2) is 4.34 Å². The van der Waals surface area contributed by atoms with Crippen LogP contribution in [0.4, 0.5) is 0 Å². The summed E-state index contributed by atoms with van der Waals surface area (Å²) < 4.78 is 0.926. The van der Waals surface area contributed by atoms with Gasteiger partial charge < -0.3 is 16.2 Å². The minimum Gasteiger partial charge on any atom is -0.391 e. The molecule has 2 rings (SSSR count). The van der Waals surface area contributed by atoms with Crippen LogP contribution in [-0.2, 0) is 4.79 Å². The lowest BCUT2D eigenvalue weighted by Crippen LogP contribution is -2.51. The number of aliphatic hydroxyl groups is 1. The molecule has 1 amide bonds. The molecule has 1 aromatic heterocycles. The highest BCUT2D eigenvalue weighted by molar-refractivity contribution is 8.01. The van der Waals surface area contributed by atoms with E-state index in [0.717, 1.165) is 21.5 Å². The number of aromatic nitrogens is 2. The molecule has 6 nitrogen and oxygen atoms in total. The Kier molecular flexibility index (Phi) is 10.4. The van der Waals surface area contributed by atoms with Crippen LogP contribution in [0, 0.1) is 12.8 Å². The molecule has 9 heteroatoms. The number of carbonyl (C=O) groups excluding carboxylic acids is 1. The number of aryl methyl sites for hydroxylation is 1. The van der Waals surface area contributed by atoms with E-state index in [1.807, 2.05) is 13.2 Å². The Hall–Kier alpha value is -0.350. The molecule has 0 unspecified atom stereocenters. The van der Waals surface area contributed by atoms with E-state index in [-0.39, 0.29) is 11.9 Å². The average Bonchev–Trinajstić information content (AvgIpc) is 3.07. The molecule has 1 heterocycles. The summed E-state index contributed by atoms with van der Waals surface area (Å²) in [7, 11) is 0. The second-order valence-electron chi connectivity index (χ2n) is 7.21. The molecule has 1 saturated carbocycles. The van der Waals surface area contributed by atoms with Crippen LogP contribution in [0.25, 0.3) is 0 Å². The van der Waals surface area contributed by atoms with Gasteiger partial charge in [0.05, 0.1) is 18.2 Å². The van der Waals surface area contributed by atoms with Gasteiger partial charge in [0.2, 0.25) is 5.91 Å². The van der Waals surface area contributed by atoms with E-state index in [2.05, 4.69) is 15.5 Å². The molecule has 0 spiro atoms. The summed E-state index contributed by atoms with van der Waals surface area (Å²) in [5.41, 5.74) is 5.96. The average molecular weight is 433 g/mol. The van der Waals surface area contributed by atoms with Crippen molar-refractivity contribution >= 4 is 40.8 Å². The number of hydrogen-bond donors (Lipinski definition) is 3. The fourth-order valence-corrected chi connectivity index (χ4v) is 5.85. The summed E-state index contributed by atoms with van der Waals surface area (Å²) in [5, 5.41) is 22.9.